The summed E-state index contributed by atoms with van der Waals surface area (Å²) in [6, 6.07) is 0. The Morgan fingerprint density at radius 2 is 2.17 bits per heavy atom. The molecule has 0 heterocycles. The Morgan fingerprint density at radius 1 is 1.67 bits per heavy atom. The molecule has 2 heteroatoms. The van der Waals surface area contributed by atoms with Crippen LogP contribution >= 0.6 is 15.5 Å². The minimum atomic E-state index is 0.0345. The Hall–Kier alpha value is 0.730. The van der Waals surface area contributed by atoms with Gasteiger partial charge >= 0.3 is 0 Å². The van der Waals surface area contributed by atoms with Crippen LogP contribution < -0.4 is 0 Å². The first-order valence-corrected chi connectivity index (χ1v) is 6.69. The molecule has 6 heavy (non-hydrogen) atoms. The molecule has 38 valence electrons. The first-order valence-electron chi connectivity index (χ1n) is 2.12. The van der Waals surface area contributed by atoms with E-state index in [9.17, 15) is 0 Å². The van der Waals surface area contributed by atoms with E-state index in [2.05, 4.69) is 26.0 Å². The van der Waals surface area contributed by atoms with Crippen molar-refractivity contribution in [2.24, 2.45) is 0 Å². The van der Waals surface area contributed by atoms with Crippen LogP contribution in [-0.4, -0.2) is 19.1 Å². The van der Waals surface area contributed by atoms with Gasteiger partial charge in [0, 0.05) is 0 Å². The third-order valence-corrected chi connectivity index (χ3v) is 5.71. The van der Waals surface area contributed by atoms with Crippen LogP contribution in [0.2, 0.25) is 0 Å². The van der Waals surface area contributed by atoms with Crippen molar-refractivity contribution in [2.45, 2.75) is 6.92 Å². The Bertz CT molecular complexity index is 56.6. The van der Waals surface area contributed by atoms with Crippen LogP contribution in [0.25, 0.3) is 0 Å². The molecular formula is C4H12P2. The summed E-state index contributed by atoms with van der Waals surface area (Å²) in [5.74, 6) is 2.34. The Morgan fingerprint density at radius 3 is 2.17 bits per heavy atom. The fraction of sp³-hybridized carbons (Fsp3) is 0.750. The van der Waals surface area contributed by atoms with Gasteiger partial charge in [0.2, 0.25) is 0 Å². The molecule has 0 aromatic rings. The maximum atomic E-state index is 2.34. The normalized spacial score (nSPS) is 17.2. The van der Waals surface area contributed by atoms with E-state index in [-0.39, 0.29) is 7.23 Å². The zero-order valence-corrected chi connectivity index (χ0v) is 6.58. The van der Waals surface area contributed by atoms with Gasteiger partial charge in [-0.2, -0.15) is 0 Å². The molecule has 2 atom stereocenters. The van der Waals surface area contributed by atoms with Gasteiger partial charge in [0.25, 0.3) is 0 Å². The molecule has 2 unspecified atom stereocenters. The summed E-state index contributed by atoms with van der Waals surface area (Å²) in [4.78, 5) is 0. The molecule has 0 radical (unpaired) electrons. The molecule has 0 aromatic carbocycles. The Balaban J connectivity index is 3.22. The van der Waals surface area contributed by atoms with Crippen LogP contribution in [0.5, 0.6) is 0 Å². The minimum absolute atomic E-state index is 0.0345. The number of hydrogen-bond acceptors (Lipinski definition) is 0. The van der Waals surface area contributed by atoms with Crippen molar-refractivity contribution in [1.29, 1.82) is 0 Å². The highest BCUT2D eigenvalue weighted by Crippen LogP contribution is 2.37. The summed E-state index contributed by atoms with van der Waals surface area (Å²) in [5.41, 5.74) is 0. The molecule has 0 saturated carbocycles. The second kappa shape index (κ2) is 3.90. The topological polar surface area (TPSA) is 0 Å². The highest BCUT2D eigenvalue weighted by atomic mass is 32.0. The average molecular weight is 122 g/mol. The lowest BCUT2D eigenvalue weighted by molar-refractivity contribution is 2.13. The molecule has 0 fully saturated rings. The van der Waals surface area contributed by atoms with Crippen molar-refractivity contribution in [3.05, 3.63) is 0 Å². The standard InChI is InChI=1S/C4H12P2/c1-4-6(3)5-2/h4-6H,1-3H3. The van der Waals surface area contributed by atoms with Crippen LogP contribution in [0.15, 0.2) is 0 Å². The summed E-state index contributed by atoms with van der Waals surface area (Å²) < 4.78 is 0. The van der Waals surface area contributed by atoms with Crippen molar-refractivity contribution in [3.8, 4) is 0 Å². The molecule has 0 N–H and O–H groups in total. The monoisotopic (exact) mass is 122 g/mol. The van der Waals surface area contributed by atoms with Crippen LogP contribution in [0.3, 0.4) is 0 Å². The molecule has 0 saturated heterocycles. The lowest BCUT2D eigenvalue weighted by Gasteiger charge is -1.87. The van der Waals surface area contributed by atoms with Gasteiger partial charge in [-0.1, -0.05) is 5.80 Å². The third-order valence-electron chi connectivity index (χ3n) is 0.827. The molecule has 0 aliphatic rings. The van der Waals surface area contributed by atoms with E-state index in [1.165, 1.54) is 8.27 Å². The van der Waals surface area contributed by atoms with E-state index < -0.39 is 0 Å². The summed E-state index contributed by atoms with van der Waals surface area (Å²) in [7, 11) is 1.21. The van der Waals surface area contributed by atoms with E-state index >= 15 is 0 Å². The van der Waals surface area contributed by atoms with Gasteiger partial charge < -0.3 is 0 Å². The lowest BCUT2D eigenvalue weighted by atomic mass is 11.0. The van der Waals surface area contributed by atoms with E-state index in [1.54, 1.807) is 0 Å². The molecule has 0 rings (SSSR count). The number of rotatable bonds is 1. The third kappa shape index (κ3) is 2.94. The zero-order chi connectivity index (χ0) is 4.99. The summed E-state index contributed by atoms with van der Waals surface area (Å²) in [6.45, 7) is 6.77. The van der Waals surface area contributed by atoms with Gasteiger partial charge in [0.1, 0.15) is 0 Å². The van der Waals surface area contributed by atoms with E-state index in [0.29, 0.717) is 0 Å². The first-order chi connectivity index (χ1) is 2.81. The predicted molar refractivity (Wildman–Crippen MR) is 40.2 cm³/mol. The molecule has 0 amide bonds. The highest BCUT2D eigenvalue weighted by Gasteiger charge is 1.70. The highest BCUT2D eigenvalue weighted by molar-refractivity contribution is 8.19. The fourth-order valence-corrected chi connectivity index (χ4v) is 1.30. The summed E-state index contributed by atoms with van der Waals surface area (Å²) in [6.07, 6.45) is 0. The lowest BCUT2D eigenvalue weighted by Crippen LogP contribution is -1.46. The summed E-state index contributed by atoms with van der Waals surface area (Å²) >= 11 is 0. The minimum Gasteiger partial charge on any atom is -0.106 e. The molecule has 0 bridgehead atoms. The van der Waals surface area contributed by atoms with Crippen molar-refractivity contribution in [1.82, 2.24) is 0 Å². The fourth-order valence-electron chi connectivity index (χ4n) is 0.144. The quantitative estimate of drug-likeness (QED) is 0.466. The maximum absolute atomic E-state index is 2.34. The smallest absolute Gasteiger partial charge is 0.0436 e. The summed E-state index contributed by atoms with van der Waals surface area (Å²) in [5, 5.41) is 0. The average Bonchev–Trinajstić information content (AvgIpc) is 1.65. The number of hydrogen-bond donors (Lipinski definition) is 0. The molecule has 0 aliphatic heterocycles. The van der Waals surface area contributed by atoms with Crippen molar-refractivity contribution >= 4 is 21.3 Å². The Labute approximate surface area is 42.4 Å². The van der Waals surface area contributed by atoms with Gasteiger partial charge in [-0.05, 0) is 20.3 Å². The maximum Gasteiger partial charge on any atom is -0.0436 e. The second-order valence-corrected chi connectivity index (χ2v) is 7.53. The molecular weight excluding hydrogens is 110 g/mol. The first kappa shape index (κ1) is 6.73. The van der Waals surface area contributed by atoms with Crippen LogP contribution in [0.4, 0.5) is 0 Å². The Kier molecular flexibility index (Phi) is 4.38. The van der Waals surface area contributed by atoms with Gasteiger partial charge in [-0.25, -0.2) is 0 Å². The van der Waals surface area contributed by atoms with Crippen molar-refractivity contribution in [3.63, 3.8) is 0 Å². The van der Waals surface area contributed by atoms with Gasteiger partial charge in [0.15, 0.2) is 0 Å². The van der Waals surface area contributed by atoms with E-state index in [1.807, 2.05) is 0 Å². The molecule has 0 aromatic heterocycles. The SMILES string of the molecule is C/C=[PH](\C)PC. The predicted octanol–water partition coefficient (Wildman–Crippen LogP) is 1.88. The van der Waals surface area contributed by atoms with Crippen LogP contribution in [0.1, 0.15) is 6.92 Å². The van der Waals surface area contributed by atoms with Gasteiger partial charge in [0.05, 0.1) is 0 Å². The molecule has 0 spiro atoms. The van der Waals surface area contributed by atoms with Gasteiger partial charge in [-0.3, -0.25) is 0 Å². The zero-order valence-electron chi connectivity index (χ0n) is 4.58. The van der Waals surface area contributed by atoms with Gasteiger partial charge in [-0.15, -0.1) is 15.5 Å². The van der Waals surface area contributed by atoms with E-state index in [0.717, 1.165) is 0 Å². The van der Waals surface area contributed by atoms with Crippen LogP contribution in [-0.2, 0) is 0 Å². The second-order valence-electron chi connectivity index (χ2n) is 1.22. The van der Waals surface area contributed by atoms with E-state index in [4.69, 9.17) is 0 Å². The van der Waals surface area contributed by atoms with Crippen LogP contribution in [0, 0.1) is 0 Å². The largest absolute Gasteiger partial charge is 0.106 e. The van der Waals surface area contributed by atoms with Crippen molar-refractivity contribution < 1.29 is 0 Å². The van der Waals surface area contributed by atoms with Crippen molar-refractivity contribution in [2.75, 3.05) is 13.3 Å². The molecule has 0 nitrogen and oxygen atoms in total. The molecule has 0 aliphatic carbocycles.